The molecule has 0 fully saturated rings. The number of allylic oxidation sites excluding steroid dienone is 1. The first-order valence-electron chi connectivity index (χ1n) is 11.9. The SMILES string of the molecule is COc1cc(C2C(C(=O)Nc3cccc(C)c3)=C(C)Nc3nnnn32)ccc1OCc1ccc(C)cc1. The van der Waals surface area contributed by atoms with Gasteiger partial charge in [0.15, 0.2) is 11.5 Å². The fourth-order valence-corrected chi connectivity index (χ4v) is 4.35. The predicted molar refractivity (Wildman–Crippen MR) is 141 cm³/mol. The summed E-state index contributed by atoms with van der Waals surface area (Å²) in [5.74, 6) is 1.35. The fraction of sp³-hybridized carbons (Fsp3) is 0.214. The lowest BCUT2D eigenvalue weighted by molar-refractivity contribution is -0.113. The molecule has 2 N–H and O–H groups in total. The van der Waals surface area contributed by atoms with Gasteiger partial charge in [0.2, 0.25) is 5.95 Å². The van der Waals surface area contributed by atoms with Crippen LogP contribution in [0.4, 0.5) is 11.6 Å². The Morgan fingerprint density at radius 2 is 1.81 bits per heavy atom. The van der Waals surface area contributed by atoms with Crippen LogP contribution in [0.5, 0.6) is 11.5 Å². The molecule has 1 aromatic heterocycles. The number of amides is 1. The van der Waals surface area contributed by atoms with Crippen molar-refractivity contribution >= 4 is 17.5 Å². The molecule has 0 spiro atoms. The highest BCUT2D eigenvalue weighted by atomic mass is 16.5. The molecule has 9 heteroatoms. The Labute approximate surface area is 215 Å². The van der Waals surface area contributed by atoms with Gasteiger partial charge in [0.25, 0.3) is 5.91 Å². The zero-order valence-electron chi connectivity index (χ0n) is 21.1. The summed E-state index contributed by atoms with van der Waals surface area (Å²) >= 11 is 0. The second-order valence-corrected chi connectivity index (χ2v) is 9.02. The van der Waals surface area contributed by atoms with E-state index in [1.807, 2.05) is 68.4 Å². The molecular formula is C28H28N6O3. The maximum Gasteiger partial charge on any atom is 0.255 e. The number of fused-ring (bicyclic) bond motifs is 1. The third kappa shape index (κ3) is 5.02. The van der Waals surface area contributed by atoms with Gasteiger partial charge in [-0.3, -0.25) is 4.79 Å². The summed E-state index contributed by atoms with van der Waals surface area (Å²) in [6.07, 6.45) is 0. The molecule has 188 valence electrons. The van der Waals surface area contributed by atoms with Crippen molar-refractivity contribution in [1.29, 1.82) is 0 Å². The molecule has 1 atom stereocenters. The average molecular weight is 497 g/mol. The third-order valence-electron chi connectivity index (χ3n) is 6.25. The molecule has 2 heterocycles. The van der Waals surface area contributed by atoms with Crippen LogP contribution in [0.3, 0.4) is 0 Å². The zero-order chi connectivity index (χ0) is 25.9. The first-order valence-corrected chi connectivity index (χ1v) is 11.9. The van der Waals surface area contributed by atoms with E-state index >= 15 is 0 Å². The number of methoxy groups -OCH3 is 1. The van der Waals surface area contributed by atoms with Crippen LogP contribution in [0.15, 0.2) is 78.0 Å². The van der Waals surface area contributed by atoms with Gasteiger partial charge in [0.05, 0.1) is 12.7 Å². The highest BCUT2D eigenvalue weighted by molar-refractivity contribution is 6.06. The zero-order valence-corrected chi connectivity index (χ0v) is 21.1. The molecule has 1 amide bonds. The van der Waals surface area contributed by atoms with Crippen molar-refractivity contribution < 1.29 is 14.3 Å². The summed E-state index contributed by atoms with van der Waals surface area (Å²) in [6.45, 7) is 6.28. The maximum atomic E-state index is 13.6. The Morgan fingerprint density at radius 1 is 1.00 bits per heavy atom. The van der Waals surface area contributed by atoms with Crippen molar-refractivity contribution in [2.75, 3.05) is 17.7 Å². The van der Waals surface area contributed by atoms with Crippen LogP contribution in [0.1, 0.15) is 35.2 Å². The second kappa shape index (κ2) is 10.1. The molecule has 0 bridgehead atoms. The molecular weight excluding hydrogens is 468 g/mol. The van der Waals surface area contributed by atoms with Crippen molar-refractivity contribution in [3.05, 3.63) is 100 Å². The first-order chi connectivity index (χ1) is 17.9. The van der Waals surface area contributed by atoms with Crippen molar-refractivity contribution in [1.82, 2.24) is 20.2 Å². The molecule has 37 heavy (non-hydrogen) atoms. The van der Waals surface area contributed by atoms with E-state index in [2.05, 4.69) is 45.2 Å². The monoisotopic (exact) mass is 496 g/mol. The number of carbonyl (C=O) groups is 1. The largest absolute Gasteiger partial charge is 0.493 e. The molecule has 0 radical (unpaired) electrons. The molecule has 1 unspecified atom stereocenters. The lowest BCUT2D eigenvalue weighted by atomic mass is 9.94. The highest BCUT2D eigenvalue weighted by Gasteiger charge is 2.34. The quantitative estimate of drug-likeness (QED) is 0.379. The lowest BCUT2D eigenvalue weighted by Gasteiger charge is -2.28. The van der Waals surface area contributed by atoms with E-state index in [0.29, 0.717) is 41.0 Å². The number of rotatable bonds is 7. The average Bonchev–Trinajstić information content (AvgIpc) is 3.35. The number of tetrazole rings is 1. The van der Waals surface area contributed by atoms with Gasteiger partial charge in [-0.2, -0.15) is 4.68 Å². The Kier molecular flexibility index (Phi) is 6.59. The van der Waals surface area contributed by atoms with Gasteiger partial charge in [-0.1, -0.05) is 53.1 Å². The standard InChI is InChI=1S/C28H28N6O3/c1-17-8-10-20(11-9-17)16-37-23-13-12-21(15-24(23)36-4)26-25(19(3)29-28-31-32-33-34(26)28)27(35)30-22-7-5-6-18(2)14-22/h5-15,26H,16H2,1-4H3,(H,30,35)(H,29,31,33). The number of aryl methyl sites for hydroxylation is 2. The van der Waals surface area contributed by atoms with Crippen LogP contribution < -0.4 is 20.1 Å². The van der Waals surface area contributed by atoms with Crippen LogP contribution in [0.2, 0.25) is 0 Å². The van der Waals surface area contributed by atoms with E-state index in [1.165, 1.54) is 5.56 Å². The predicted octanol–water partition coefficient (Wildman–Crippen LogP) is 4.81. The summed E-state index contributed by atoms with van der Waals surface area (Å²) in [4.78, 5) is 13.6. The van der Waals surface area contributed by atoms with Crippen molar-refractivity contribution in [3.8, 4) is 11.5 Å². The molecule has 3 aromatic carbocycles. The van der Waals surface area contributed by atoms with E-state index in [9.17, 15) is 4.79 Å². The van der Waals surface area contributed by atoms with Gasteiger partial charge in [-0.15, -0.1) is 0 Å². The van der Waals surface area contributed by atoms with Crippen molar-refractivity contribution in [2.24, 2.45) is 0 Å². The summed E-state index contributed by atoms with van der Waals surface area (Å²) in [5.41, 5.74) is 5.96. The van der Waals surface area contributed by atoms with Crippen LogP contribution in [0, 0.1) is 13.8 Å². The van der Waals surface area contributed by atoms with E-state index in [1.54, 1.807) is 11.8 Å². The van der Waals surface area contributed by atoms with Crippen molar-refractivity contribution in [2.45, 2.75) is 33.4 Å². The van der Waals surface area contributed by atoms with Gasteiger partial charge in [0.1, 0.15) is 12.6 Å². The molecule has 1 aliphatic heterocycles. The van der Waals surface area contributed by atoms with E-state index in [-0.39, 0.29) is 5.91 Å². The number of anilines is 2. The van der Waals surface area contributed by atoms with Crippen LogP contribution >= 0.6 is 0 Å². The molecule has 4 aromatic rings. The van der Waals surface area contributed by atoms with Gasteiger partial charge in [-0.25, -0.2) is 0 Å². The van der Waals surface area contributed by atoms with E-state index < -0.39 is 6.04 Å². The normalized spacial score (nSPS) is 14.5. The van der Waals surface area contributed by atoms with Gasteiger partial charge < -0.3 is 20.1 Å². The molecule has 5 rings (SSSR count). The van der Waals surface area contributed by atoms with E-state index in [4.69, 9.17) is 9.47 Å². The number of benzene rings is 3. The van der Waals surface area contributed by atoms with Gasteiger partial charge in [-0.05, 0) is 72.2 Å². The minimum atomic E-state index is -0.573. The number of nitrogens with one attached hydrogen (secondary N) is 2. The lowest BCUT2D eigenvalue weighted by Crippen LogP contribution is -2.31. The number of aromatic nitrogens is 4. The highest BCUT2D eigenvalue weighted by Crippen LogP contribution is 2.38. The van der Waals surface area contributed by atoms with Gasteiger partial charge >= 0.3 is 0 Å². The molecule has 9 nitrogen and oxygen atoms in total. The topological polar surface area (TPSA) is 103 Å². The number of nitrogens with zero attached hydrogens (tertiary/aromatic N) is 4. The fourth-order valence-electron chi connectivity index (χ4n) is 4.35. The maximum absolute atomic E-state index is 13.6. The molecule has 1 aliphatic rings. The van der Waals surface area contributed by atoms with E-state index in [0.717, 1.165) is 16.7 Å². The molecule has 0 saturated carbocycles. The number of hydrogen-bond acceptors (Lipinski definition) is 7. The Morgan fingerprint density at radius 3 is 2.57 bits per heavy atom. The van der Waals surface area contributed by atoms with Crippen LogP contribution in [0.25, 0.3) is 0 Å². The summed E-state index contributed by atoms with van der Waals surface area (Å²) in [7, 11) is 1.59. The van der Waals surface area contributed by atoms with Gasteiger partial charge in [0, 0.05) is 11.4 Å². The summed E-state index contributed by atoms with van der Waals surface area (Å²) in [5, 5.41) is 18.2. The first kappa shape index (κ1) is 24.1. The van der Waals surface area contributed by atoms with Crippen LogP contribution in [-0.4, -0.2) is 33.2 Å². The Hall–Kier alpha value is -4.66. The van der Waals surface area contributed by atoms with Crippen molar-refractivity contribution in [3.63, 3.8) is 0 Å². The summed E-state index contributed by atoms with van der Waals surface area (Å²) in [6, 6.07) is 20.9. The Bertz CT molecular complexity index is 1480. The number of carbonyl (C=O) groups excluding carboxylic acids is 1. The minimum absolute atomic E-state index is 0.250. The number of hydrogen-bond donors (Lipinski definition) is 2. The number of ether oxygens (including phenoxy) is 2. The third-order valence-corrected chi connectivity index (χ3v) is 6.25. The smallest absolute Gasteiger partial charge is 0.255 e. The summed E-state index contributed by atoms with van der Waals surface area (Å²) < 4.78 is 13.3. The Balaban J connectivity index is 1.47. The van der Waals surface area contributed by atoms with Crippen LogP contribution in [-0.2, 0) is 11.4 Å². The molecule has 0 aliphatic carbocycles. The molecule has 0 saturated heterocycles. The minimum Gasteiger partial charge on any atom is -0.493 e. The second-order valence-electron chi connectivity index (χ2n) is 9.02.